The van der Waals surface area contributed by atoms with Crippen molar-refractivity contribution >= 4 is 17.3 Å². The van der Waals surface area contributed by atoms with Crippen molar-refractivity contribution in [3.8, 4) is 0 Å². The third-order valence-corrected chi connectivity index (χ3v) is 2.96. The minimum absolute atomic E-state index is 0.103. The lowest BCUT2D eigenvalue weighted by molar-refractivity contribution is -0.383. The molecule has 8 heteroatoms. The molecule has 0 bridgehead atoms. The first-order chi connectivity index (χ1) is 9.63. The van der Waals surface area contributed by atoms with Crippen LogP contribution in [0.1, 0.15) is 20.8 Å². The minimum Gasteiger partial charge on any atom is -0.364 e. The van der Waals surface area contributed by atoms with E-state index in [1.165, 1.54) is 6.33 Å². The van der Waals surface area contributed by atoms with Crippen LogP contribution < -0.4 is 10.6 Å². The molecule has 0 aliphatic heterocycles. The first-order valence-electron chi connectivity index (χ1n) is 6.83. The standard InChI is InChI=1S/C12H22N6O2/c1-4-13-11-10(18(19)20)12(16-9-15-11)14-7-8-17(5-2)6-3/h9H,4-8H2,1-3H3,(H2,13,14,15,16). The number of likely N-dealkylation sites (N-methyl/N-ethyl adjacent to an activating group) is 1. The van der Waals surface area contributed by atoms with Crippen LogP contribution in [0.4, 0.5) is 17.3 Å². The van der Waals surface area contributed by atoms with Crippen molar-refractivity contribution in [2.45, 2.75) is 20.8 Å². The van der Waals surface area contributed by atoms with Gasteiger partial charge in [0.05, 0.1) is 4.92 Å². The molecule has 0 aromatic carbocycles. The Hall–Kier alpha value is -1.96. The molecule has 1 aromatic heterocycles. The van der Waals surface area contributed by atoms with Crippen LogP contribution in [-0.4, -0.2) is 52.5 Å². The van der Waals surface area contributed by atoms with Crippen LogP contribution in [0, 0.1) is 10.1 Å². The molecule has 1 aromatic rings. The summed E-state index contributed by atoms with van der Waals surface area (Å²) < 4.78 is 0. The summed E-state index contributed by atoms with van der Waals surface area (Å²) in [4.78, 5) is 20.8. The maximum atomic E-state index is 11.2. The maximum Gasteiger partial charge on any atom is 0.353 e. The molecule has 1 heterocycles. The van der Waals surface area contributed by atoms with E-state index in [0.29, 0.717) is 13.1 Å². The first-order valence-corrected chi connectivity index (χ1v) is 6.83. The van der Waals surface area contributed by atoms with Gasteiger partial charge in [0.1, 0.15) is 6.33 Å². The van der Waals surface area contributed by atoms with E-state index in [0.717, 1.165) is 19.6 Å². The topological polar surface area (TPSA) is 96.2 Å². The van der Waals surface area contributed by atoms with E-state index in [4.69, 9.17) is 0 Å². The molecule has 0 saturated heterocycles. The molecule has 8 nitrogen and oxygen atoms in total. The molecule has 0 unspecified atom stereocenters. The van der Waals surface area contributed by atoms with E-state index >= 15 is 0 Å². The largest absolute Gasteiger partial charge is 0.364 e. The Balaban J connectivity index is 2.78. The maximum absolute atomic E-state index is 11.2. The number of nitrogens with zero attached hydrogens (tertiary/aromatic N) is 4. The van der Waals surface area contributed by atoms with Crippen LogP contribution >= 0.6 is 0 Å². The lowest BCUT2D eigenvalue weighted by Gasteiger charge is -2.18. The quantitative estimate of drug-likeness (QED) is 0.524. The molecule has 112 valence electrons. The van der Waals surface area contributed by atoms with Gasteiger partial charge in [-0.2, -0.15) is 0 Å². The summed E-state index contributed by atoms with van der Waals surface area (Å²) in [5.74, 6) is 0.506. The third kappa shape index (κ3) is 4.30. The molecule has 0 spiro atoms. The molecule has 0 atom stereocenters. The van der Waals surface area contributed by atoms with Gasteiger partial charge in [0.2, 0.25) is 11.6 Å². The van der Waals surface area contributed by atoms with Crippen molar-refractivity contribution in [2.75, 3.05) is 43.4 Å². The molecule has 0 radical (unpaired) electrons. The number of nitro groups is 1. The Morgan fingerprint density at radius 1 is 1.20 bits per heavy atom. The summed E-state index contributed by atoms with van der Waals surface area (Å²) in [6, 6.07) is 0. The summed E-state index contributed by atoms with van der Waals surface area (Å²) in [5.41, 5.74) is -0.103. The summed E-state index contributed by atoms with van der Waals surface area (Å²) in [6.07, 6.45) is 1.32. The van der Waals surface area contributed by atoms with Gasteiger partial charge in [-0.05, 0) is 20.0 Å². The van der Waals surface area contributed by atoms with Gasteiger partial charge in [-0.1, -0.05) is 13.8 Å². The van der Waals surface area contributed by atoms with E-state index in [-0.39, 0.29) is 17.3 Å². The fourth-order valence-corrected chi connectivity index (χ4v) is 1.85. The molecule has 2 N–H and O–H groups in total. The van der Waals surface area contributed by atoms with Gasteiger partial charge in [-0.25, -0.2) is 9.97 Å². The highest BCUT2D eigenvalue weighted by molar-refractivity contribution is 5.69. The second-order valence-corrected chi connectivity index (χ2v) is 4.16. The normalized spacial score (nSPS) is 10.6. The van der Waals surface area contributed by atoms with Gasteiger partial charge in [0, 0.05) is 19.6 Å². The molecule has 1 rings (SSSR count). The number of hydrogen-bond acceptors (Lipinski definition) is 7. The van der Waals surface area contributed by atoms with Gasteiger partial charge >= 0.3 is 5.69 Å². The van der Waals surface area contributed by atoms with E-state index < -0.39 is 4.92 Å². The number of hydrogen-bond donors (Lipinski definition) is 2. The smallest absolute Gasteiger partial charge is 0.353 e. The van der Waals surface area contributed by atoms with Crippen LogP contribution in [0.2, 0.25) is 0 Å². The van der Waals surface area contributed by atoms with Crippen LogP contribution in [0.25, 0.3) is 0 Å². The van der Waals surface area contributed by atoms with Crippen molar-refractivity contribution in [3.63, 3.8) is 0 Å². The molecule has 0 saturated carbocycles. The van der Waals surface area contributed by atoms with Gasteiger partial charge in [0.15, 0.2) is 0 Å². The van der Waals surface area contributed by atoms with Crippen molar-refractivity contribution in [1.82, 2.24) is 14.9 Å². The Morgan fingerprint density at radius 3 is 2.30 bits per heavy atom. The average Bonchev–Trinajstić information content (AvgIpc) is 2.44. The second kappa shape index (κ2) is 8.26. The molecule has 0 amide bonds. The van der Waals surface area contributed by atoms with E-state index in [9.17, 15) is 10.1 Å². The Kier molecular flexibility index (Phi) is 6.65. The molecular formula is C12H22N6O2. The molecule has 0 aliphatic carbocycles. The zero-order valence-electron chi connectivity index (χ0n) is 12.2. The highest BCUT2D eigenvalue weighted by atomic mass is 16.6. The summed E-state index contributed by atoms with van der Waals surface area (Å²) in [5, 5.41) is 17.1. The highest BCUT2D eigenvalue weighted by Gasteiger charge is 2.22. The number of aromatic nitrogens is 2. The third-order valence-electron chi connectivity index (χ3n) is 2.96. The predicted octanol–water partition coefficient (Wildman–Crippen LogP) is 1.57. The van der Waals surface area contributed by atoms with Crippen LogP contribution in [0.15, 0.2) is 6.33 Å². The Labute approximate surface area is 118 Å². The highest BCUT2D eigenvalue weighted by Crippen LogP contribution is 2.28. The lowest BCUT2D eigenvalue weighted by Crippen LogP contribution is -2.29. The summed E-state index contributed by atoms with van der Waals surface area (Å²) >= 11 is 0. The number of rotatable bonds is 9. The van der Waals surface area contributed by atoms with Crippen molar-refractivity contribution in [1.29, 1.82) is 0 Å². The number of nitrogens with one attached hydrogen (secondary N) is 2. The zero-order valence-corrected chi connectivity index (χ0v) is 12.2. The van der Waals surface area contributed by atoms with Gasteiger partial charge in [-0.3, -0.25) is 10.1 Å². The summed E-state index contributed by atoms with van der Waals surface area (Å²) in [7, 11) is 0. The van der Waals surface area contributed by atoms with Gasteiger partial charge in [0.25, 0.3) is 0 Å². The first kappa shape index (κ1) is 16.1. The van der Waals surface area contributed by atoms with Crippen molar-refractivity contribution in [3.05, 3.63) is 16.4 Å². The zero-order chi connectivity index (χ0) is 15.0. The predicted molar refractivity (Wildman–Crippen MR) is 79.1 cm³/mol. The Morgan fingerprint density at radius 2 is 1.80 bits per heavy atom. The van der Waals surface area contributed by atoms with Crippen LogP contribution in [-0.2, 0) is 0 Å². The lowest BCUT2D eigenvalue weighted by atomic mass is 10.4. The SMILES string of the molecule is CCNc1ncnc(NCCN(CC)CC)c1[N+](=O)[O-]. The average molecular weight is 282 g/mol. The van der Waals surface area contributed by atoms with Gasteiger partial charge < -0.3 is 15.5 Å². The van der Waals surface area contributed by atoms with Crippen molar-refractivity contribution < 1.29 is 4.92 Å². The van der Waals surface area contributed by atoms with Crippen LogP contribution in [0.5, 0.6) is 0 Å². The van der Waals surface area contributed by atoms with E-state index in [1.807, 2.05) is 6.92 Å². The molecule has 0 fully saturated rings. The Bertz CT molecular complexity index is 436. The fourth-order valence-electron chi connectivity index (χ4n) is 1.85. The molecular weight excluding hydrogens is 260 g/mol. The monoisotopic (exact) mass is 282 g/mol. The summed E-state index contributed by atoms with van der Waals surface area (Å²) in [6.45, 7) is 9.91. The van der Waals surface area contributed by atoms with E-state index in [1.54, 1.807) is 0 Å². The van der Waals surface area contributed by atoms with Crippen LogP contribution in [0.3, 0.4) is 0 Å². The van der Waals surface area contributed by atoms with Gasteiger partial charge in [-0.15, -0.1) is 0 Å². The van der Waals surface area contributed by atoms with E-state index in [2.05, 4.69) is 39.3 Å². The second-order valence-electron chi connectivity index (χ2n) is 4.16. The minimum atomic E-state index is -0.461. The molecule has 0 aliphatic rings. The number of anilines is 2. The molecule has 20 heavy (non-hydrogen) atoms. The van der Waals surface area contributed by atoms with Crippen molar-refractivity contribution in [2.24, 2.45) is 0 Å². The fraction of sp³-hybridized carbons (Fsp3) is 0.667.